The average Bonchev–Trinajstić information content (AvgIpc) is 2.68. The van der Waals surface area contributed by atoms with Gasteiger partial charge in [-0.2, -0.15) is 0 Å². The molecule has 0 aliphatic carbocycles. The summed E-state index contributed by atoms with van der Waals surface area (Å²) in [7, 11) is -3.10. The van der Waals surface area contributed by atoms with Crippen LogP contribution in [0.2, 0.25) is 0 Å². The Balaban J connectivity index is 2.39. The predicted molar refractivity (Wildman–Crippen MR) is 103 cm³/mol. The Morgan fingerprint density at radius 2 is 1.32 bits per heavy atom. The lowest BCUT2D eigenvalue weighted by Gasteiger charge is -2.40. The molecule has 0 aliphatic rings. The molecule has 0 fully saturated rings. The van der Waals surface area contributed by atoms with Gasteiger partial charge in [0.15, 0.2) is 0 Å². The summed E-state index contributed by atoms with van der Waals surface area (Å²) in [5.41, 5.74) is 0. The maximum atomic E-state index is 15.0. The molecule has 146 valence electrons. The first kappa shape index (κ1) is 20.0. The van der Waals surface area contributed by atoms with E-state index in [0.717, 1.165) is 0 Å². The summed E-state index contributed by atoms with van der Waals surface area (Å²) in [6.45, 7) is 1.81. The van der Waals surface area contributed by atoms with E-state index in [9.17, 15) is 18.0 Å². The fourth-order valence-corrected chi connectivity index (χ4v) is 6.05. The predicted octanol–water partition coefficient (Wildman–Crippen LogP) is 6.64. The Bertz CT molecular complexity index is 900. The lowest BCUT2D eigenvalue weighted by atomic mass is 10.3. The van der Waals surface area contributed by atoms with Crippen molar-refractivity contribution in [2.45, 2.75) is 34.5 Å². The molecule has 0 heterocycles. The van der Waals surface area contributed by atoms with E-state index in [-0.39, 0.29) is 6.42 Å². The van der Waals surface area contributed by atoms with Crippen molar-refractivity contribution in [2.24, 2.45) is 0 Å². The highest BCUT2D eigenvalue weighted by molar-refractivity contribution is 8.30. The normalized spacial score (nSPS) is 11.9. The lowest BCUT2D eigenvalue weighted by molar-refractivity contribution is -0.133. The third kappa shape index (κ3) is 3.78. The minimum Gasteiger partial charge on any atom is -0.402 e. The summed E-state index contributed by atoms with van der Waals surface area (Å²) >= 11 is 0. The van der Waals surface area contributed by atoms with Crippen LogP contribution in [0.1, 0.15) is 19.8 Å². The van der Waals surface area contributed by atoms with E-state index < -0.39 is 38.6 Å². The van der Waals surface area contributed by atoms with Crippen LogP contribution in [-0.2, 0) is 8.98 Å². The third-order valence-corrected chi connectivity index (χ3v) is 7.35. The summed E-state index contributed by atoms with van der Waals surface area (Å²) in [5, 5.41) is 0. The molecule has 0 spiro atoms. The summed E-state index contributed by atoms with van der Waals surface area (Å²) in [6, 6.07) is 18.2. The van der Waals surface area contributed by atoms with E-state index in [0.29, 0.717) is 28.3 Å². The minimum absolute atomic E-state index is 0.0961. The molecule has 0 amide bonds. The van der Waals surface area contributed by atoms with Gasteiger partial charge in [-0.3, -0.25) is 4.79 Å². The highest BCUT2D eigenvalue weighted by Crippen LogP contribution is 2.70. The quantitative estimate of drug-likeness (QED) is 0.460. The first-order chi connectivity index (χ1) is 13.5. The SMILES string of the molecule is CCCC(=O)OS(c1ccccc1)(c1ccccc1)c1c(F)cc(F)cc1F. The molecule has 0 saturated heterocycles. The molecule has 28 heavy (non-hydrogen) atoms. The summed E-state index contributed by atoms with van der Waals surface area (Å²) in [4.78, 5) is 13.0. The van der Waals surface area contributed by atoms with Gasteiger partial charge in [0, 0.05) is 28.3 Å². The van der Waals surface area contributed by atoms with E-state index in [1.165, 1.54) is 0 Å². The van der Waals surface area contributed by atoms with Crippen LogP contribution in [0.4, 0.5) is 13.2 Å². The molecule has 3 rings (SSSR count). The van der Waals surface area contributed by atoms with Gasteiger partial charge in [-0.1, -0.05) is 43.3 Å². The molecule has 0 bridgehead atoms. The summed E-state index contributed by atoms with van der Waals surface area (Å²) < 4.78 is 49.4. The van der Waals surface area contributed by atoms with Gasteiger partial charge >= 0.3 is 5.97 Å². The van der Waals surface area contributed by atoms with Crippen LogP contribution >= 0.6 is 10.3 Å². The Labute approximate surface area is 163 Å². The van der Waals surface area contributed by atoms with Crippen molar-refractivity contribution >= 4 is 16.3 Å². The summed E-state index contributed by atoms with van der Waals surface area (Å²) in [5.74, 6) is -3.80. The maximum absolute atomic E-state index is 15.0. The van der Waals surface area contributed by atoms with Gasteiger partial charge in [-0.05, 0) is 41.0 Å². The van der Waals surface area contributed by atoms with E-state index in [4.69, 9.17) is 4.18 Å². The molecule has 0 N–H and O–H groups in total. The molecule has 3 aromatic rings. The van der Waals surface area contributed by atoms with Crippen molar-refractivity contribution in [3.63, 3.8) is 0 Å². The van der Waals surface area contributed by atoms with Crippen molar-refractivity contribution in [3.8, 4) is 0 Å². The van der Waals surface area contributed by atoms with Gasteiger partial charge in [0.2, 0.25) is 0 Å². The smallest absolute Gasteiger partial charge is 0.317 e. The van der Waals surface area contributed by atoms with Gasteiger partial charge in [0.05, 0.1) is 0 Å². The van der Waals surface area contributed by atoms with E-state index in [1.54, 1.807) is 60.7 Å². The highest BCUT2D eigenvalue weighted by Gasteiger charge is 2.40. The molecular weight excluding hydrogens is 385 g/mol. The fourth-order valence-electron chi connectivity index (χ4n) is 2.92. The molecule has 0 atom stereocenters. The Morgan fingerprint density at radius 1 is 0.857 bits per heavy atom. The van der Waals surface area contributed by atoms with Gasteiger partial charge in [-0.25, -0.2) is 13.2 Å². The molecule has 2 nitrogen and oxygen atoms in total. The van der Waals surface area contributed by atoms with Crippen molar-refractivity contribution in [1.29, 1.82) is 0 Å². The van der Waals surface area contributed by atoms with Crippen molar-refractivity contribution < 1.29 is 22.1 Å². The molecule has 0 aromatic heterocycles. The van der Waals surface area contributed by atoms with Crippen LogP contribution in [0.5, 0.6) is 0 Å². The number of rotatable bonds is 6. The number of carbonyl (C=O) groups excluding carboxylic acids is 1. The van der Waals surface area contributed by atoms with E-state index >= 15 is 0 Å². The second-order valence-corrected chi connectivity index (χ2v) is 8.72. The molecule has 0 saturated carbocycles. The van der Waals surface area contributed by atoms with Gasteiger partial charge in [0.25, 0.3) is 0 Å². The fraction of sp³-hybridized carbons (Fsp3) is 0.136. The van der Waals surface area contributed by atoms with Crippen LogP contribution in [0, 0.1) is 17.5 Å². The minimum atomic E-state index is -3.10. The zero-order chi connectivity index (χ0) is 20.1. The first-order valence-corrected chi connectivity index (χ1v) is 10.3. The van der Waals surface area contributed by atoms with Crippen LogP contribution < -0.4 is 0 Å². The second kappa shape index (κ2) is 8.52. The molecule has 6 heteroatoms. The molecule has 0 unspecified atom stereocenters. The van der Waals surface area contributed by atoms with Gasteiger partial charge < -0.3 is 4.18 Å². The first-order valence-electron chi connectivity index (χ1n) is 8.79. The topological polar surface area (TPSA) is 26.3 Å². The van der Waals surface area contributed by atoms with E-state index in [2.05, 4.69) is 0 Å². The van der Waals surface area contributed by atoms with Gasteiger partial charge in [-0.15, -0.1) is 0 Å². The number of hydrogen-bond acceptors (Lipinski definition) is 2. The number of halogens is 3. The van der Waals surface area contributed by atoms with Gasteiger partial charge in [0.1, 0.15) is 22.3 Å². The Kier molecular flexibility index (Phi) is 6.09. The zero-order valence-corrected chi connectivity index (χ0v) is 16.0. The molecular formula is C22H19F3O2S. The van der Waals surface area contributed by atoms with Crippen molar-refractivity contribution in [3.05, 3.63) is 90.2 Å². The highest BCUT2D eigenvalue weighted by atomic mass is 32.3. The second-order valence-electron chi connectivity index (χ2n) is 6.09. The Morgan fingerprint density at radius 3 is 1.75 bits per heavy atom. The molecule has 0 radical (unpaired) electrons. The van der Waals surface area contributed by atoms with Crippen LogP contribution in [0.25, 0.3) is 0 Å². The average molecular weight is 404 g/mol. The standard InChI is InChI=1S/C22H19F3O2S/c1-2-9-21(26)27-28(17-10-5-3-6-11-17,18-12-7-4-8-13-18)22-19(24)14-16(23)15-20(22)25/h3-8,10-15H,2,9H2,1H3. The maximum Gasteiger partial charge on any atom is 0.317 e. The van der Waals surface area contributed by atoms with Crippen LogP contribution in [-0.4, -0.2) is 5.97 Å². The molecule has 0 aliphatic heterocycles. The third-order valence-electron chi connectivity index (χ3n) is 4.07. The lowest BCUT2D eigenvalue weighted by Crippen LogP contribution is -2.16. The zero-order valence-electron chi connectivity index (χ0n) is 15.2. The molecule has 3 aromatic carbocycles. The number of hydrogen-bond donors (Lipinski definition) is 0. The number of carbonyl (C=O) groups is 1. The monoisotopic (exact) mass is 404 g/mol. The Hall–Kier alpha value is -2.73. The largest absolute Gasteiger partial charge is 0.402 e. The van der Waals surface area contributed by atoms with Crippen molar-refractivity contribution in [2.75, 3.05) is 0 Å². The number of benzene rings is 3. The van der Waals surface area contributed by atoms with Crippen LogP contribution in [0.3, 0.4) is 0 Å². The van der Waals surface area contributed by atoms with Crippen LogP contribution in [0.15, 0.2) is 87.5 Å². The van der Waals surface area contributed by atoms with E-state index in [1.807, 2.05) is 6.92 Å². The van der Waals surface area contributed by atoms with Crippen molar-refractivity contribution in [1.82, 2.24) is 0 Å². The summed E-state index contributed by atoms with van der Waals surface area (Å²) in [6.07, 6.45) is 0.616.